The van der Waals surface area contributed by atoms with Crippen molar-refractivity contribution in [3.8, 4) is 11.5 Å². The average molecular weight is 660 g/mol. The summed E-state index contributed by atoms with van der Waals surface area (Å²) in [6.45, 7) is 0.253. The molecule has 2 heterocycles. The highest BCUT2D eigenvalue weighted by Gasteiger charge is 2.32. The topological polar surface area (TPSA) is 52.8 Å². The number of ether oxygens (including phenoxy) is 2. The van der Waals surface area contributed by atoms with Gasteiger partial charge in [0.1, 0.15) is 6.61 Å². The van der Waals surface area contributed by atoms with E-state index >= 15 is 0 Å². The van der Waals surface area contributed by atoms with Gasteiger partial charge >= 0.3 is 0 Å². The first kappa shape index (κ1) is 28.9. The molecule has 0 radical (unpaired) electrons. The van der Waals surface area contributed by atoms with Crippen LogP contribution in [0.25, 0.3) is 11.8 Å². The zero-order chi connectivity index (χ0) is 30.4. The highest BCUT2D eigenvalue weighted by atomic mass is 35.5. The van der Waals surface area contributed by atoms with E-state index in [9.17, 15) is 4.79 Å². The smallest absolute Gasteiger partial charge is 0.271 e. The predicted molar refractivity (Wildman–Crippen MR) is 178 cm³/mol. The molecule has 0 amide bonds. The number of rotatable bonds is 6. The minimum absolute atomic E-state index is 0.0872. The summed E-state index contributed by atoms with van der Waals surface area (Å²) in [6, 6.07) is 26.8. The van der Waals surface area contributed by atoms with Gasteiger partial charge in [-0.3, -0.25) is 9.36 Å². The van der Waals surface area contributed by atoms with E-state index in [2.05, 4.69) is 18.2 Å². The Morgan fingerprint density at radius 3 is 2.52 bits per heavy atom. The van der Waals surface area contributed by atoms with Crippen molar-refractivity contribution in [2.45, 2.75) is 25.5 Å². The zero-order valence-electron chi connectivity index (χ0n) is 23.5. The van der Waals surface area contributed by atoms with Crippen LogP contribution in [-0.2, 0) is 13.0 Å². The van der Waals surface area contributed by atoms with Crippen LogP contribution in [0.3, 0.4) is 0 Å². The molecule has 220 valence electrons. The largest absolute Gasteiger partial charge is 0.493 e. The number of hydrogen-bond acceptors (Lipinski definition) is 5. The number of halogens is 3. The molecule has 1 aromatic heterocycles. The molecule has 0 N–H and O–H groups in total. The number of fused-ring (bicyclic) bond motifs is 3. The molecule has 2 aliphatic rings. The van der Waals surface area contributed by atoms with Gasteiger partial charge in [-0.1, -0.05) is 94.7 Å². The van der Waals surface area contributed by atoms with Gasteiger partial charge in [-0.25, -0.2) is 4.99 Å². The van der Waals surface area contributed by atoms with E-state index in [4.69, 9.17) is 49.3 Å². The summed E-state index contributed by atoms with van der Waals surface area (Å²) in [7, 11) is 1.59. The second-order valence-electron chi connectivity index (χ2n) is 10.6. The second-order valence-corrected chi connectivity index (χ2v) is 12.9. The minimum Gasteiger partial charge on any atom is -0.493 e. The summed E-state index contributed by atoms with van der Waals surface area (Å²) in [6.07, 6.45) is 3.60. The number of aromatic nitrogens is 1. The Bertz CT molecular complexity index is 2130. The van der Waals surface area contributed by atoms with Crippen molar-refractivity contribution < 1.29 is 9.47 Å². The SMILES string of the molecule is COc1cc(/C=c2/sc3n(c2=O)[C@@H](c2ccc(Cl)cc2)C2=C(N=3)c3ccccc3CC2)ccc1OCc1ccc(Cl)cc1Cl. The lowest BCUT2D eigenvalue weighted by atomic mass is 9.83. The van der Waals surface area contributed by atoms with Crippen LogP contribution < -0.4 is 24.4 Å². The van der Waals surface area contributed by atoms with Gasteiger partial charge in [0.2, 0.25) is 0 Å². The van der Waals surface area contributed by atoms with Gasteiger partial charge in [-0.05, 0) is 77.6 Å². The van der Waals surface area contributed by atoms with Gasteiger partial charge in [0, 0.05) is 26.2 Å². The van der Waals surface area contributed by atoms with Crippen LogP contribution in [0, 0.1) is 0 Å². The van der Waals surface area contributed by atoms with E-state index in [-0.39, 0.29) is 18.2 Å². The first-order valence-corrected chi connectivity index (χ1v) is 16.0. The number of hydrogen-bond donors (Lipinski definition) is 0. The third kappa shape index (κ3) is 5.37. The summed E-state index contributed by atoms with van der Waals surface area (Å²) in [5.74, 6) is 1.11. The minimum atomic E-state index is -0.265. The van der Waals surface area contributed by atoms with Gasteiger partial charge in [0.25, 0.3) is 5.56 Å². The summed E-state index contributed by atoms with van der Waals surface area (Å²) >= 11 is 20.0. The molecule has 0 saturated heterocycles. The Balaban J connectivity index is 1.29. The van der Waals surface area contributed by atoms with Crippen LogP contribution in [0.2, 0.25) is 15.1 Å². The summed E-state index contributed by atoms with van der Waals surface area (Å²) < 4.78 is 14.1. The lowest BCUT2D eigenvalue weighted by molar-refractivity contribution is 0.284. The van der Waals surface area contributed by atoms with Crippen molar-refractivity contribution in [1.29, 1.82) is 0 Å². The highest BCUT2D eigenvalue weighted by molar-refractivity contribution is 7.07. The molecule has 9 heteroatoms. The van der Waals surface area contributed by atoms with Gasteiger partial charge in [0.15, 0.2) is 16.3 Å². The van der Waals surface area contributed by atoms with E-state index in [1.165, 1.54) is 16.9 Å². The second kappa shape index (κ2) is 11.9. The molecule has 5 aromatic rings. The lowest BCUT2D eigenvalue weighted by Crippen LogP contribution is -2.38. The van der Waals surface area contributed by atoms with Gasteiger partial charge in [0.05, 0.1) is 23.4 Å². The molecule has 0 spiro atoms. The highest BCUT2D eigenvalue weighted by Crippen LogP contribution is 2.41. The third-order valence-corrected chi connectivity index (χ3v) is 9.76. The molecule has 44 heavy (non-hydrogen) atoms. The quantitative estimate of drug-likeness (QED) is 0.187. The maximum Gasteiger partial charge on any atom is 0.271 e. The van der Waals surface area contributed by atoms with Crippen LogP contribution in [0.15, 0.2) is 100 Å². The van der Waals surface area contributed by atoms with Gasteiger partial charge in [-0.15, -0.1) is 0 Å². The number of methoxy groups -OCH3 is 1. The molecule has 1 aliphatic carbocycles. The summed E-state index contributed by atoms with van der Waals surface area (Å²) in [4.78, 5) is 19.8. The average Bonchev–Trinajstić information content (AvgIpc) is 3.34. The fourth-order valence-corrected chi connectivity index (χ4v) is 7.40. The Morgan fingerprint density at radius 2 is 1.73 bits per heavy atom. The first-order chi connectivity index (χ1) is 21.4. The van der Waals surface area contributed by atoms with Crippen molar-refractivity contribution in [2.24, 2.45) is 4.99 Å². The van der Waals surface area contributed by atoms with Crippen molar-refractivity contribution >= 4 is 57.9 Å². The number of thiazole rings is 1. The van der Waals surface area contributed by atoms with Crippen molar-refractivity contribution in [3.63, 3.8) is 0 Å². The molecule has 0 unspecified atom stereocenters. The molecule has 4 aromatic carbocycles. The normalized spacial score (nSPS) is 15.7. The molecule has 7 rings (SSSR count). The Labute approximate surface area is 272 Å². The van der Waals surface area contributed by atoms with E-state index < -0.39 is 0 Å². The molecule has 0 bridgehead atoms. The van der Waals surface area contributed by atoms with E-state index in [1.807, 2.05) is 65.2 Å². The number of benzene rings is 4. The zero-order valence-corrected chi connectivity index (χ0v) is 26.6. The molecular formula is C35H25Cl3N2O3S. The van der Waals surface area contributed by atoms with E-state index in [1.54, 1.807) is 19.2 Å². The van der Waals surface area contributed by atoms with Crippen molar-refractivity contribution in [3.05, 3.63) is 153 Å². The fourth-order valence-electron chi connectivity index (χ4n) is 5.81. The Kier molecular flexibility index (Phi) is 7.85. The van der Waals surface area contributed by atoms with E-state index in [0.717, 1.165) is 46.4 Å². The first-order valence-electron chi connectivity index (χ1n) is 14.0. The fraction of sp³-hybridized carbons (Fsp3) is 0.143. The monoisotopic (exact) mass is 658 g/mol. The Morgan fingerprint density at radius 1 is 0.932 bits per heavy atom. The van der Waals surface area contributed by atoms with E-state index in [0.29, 0.717) is 35.9 Å². The Hall–Kier alpha value is -3.81. The number of aryl methyl sites for hydroxylation is 1. The molecule has 1 aliphatic heterocycles. The van der Waals surface area contributed by atoms with Crippen molar-refractivity contribution in [2.75, 3.05) is 7.11 Å². The maximum absolute atomic E-state index is 14.1. The molecule has 5 nitrogen and oxygen atoms in total. The number of nitrogens with zero attached hydrogens (tertiary/aromatic N) is 2. The molecule has 1 atom stereocenters. The van der Waals surface area contributed by atoms with Crippen molar-refractivity contribution in [1.82, 2.24) is 4.57 Å². The number of allylic oxidation sites excluding steroid dienone is 1. The molecule has 0 saturated carbocycles. The molecular weight excluding hydrogens is 635 g/mol. The standard InChI is InChI=1S/C35H25Cl3N2O3S/c1-42-30-16-20(6-15-29(30)43-19-23-9-13-25(37)18-28(23)38)17-31-34(41)40-33(22-7-11-24(36)12-8-22)27-14-10-21-4-2-3-5-26(21)32(27)39-35(40)44-31/h2-9,11-13,15-18,33H,10,14,19H2,1H3/b31-17+/t33-/m0/s1. The summed E-state index contributed by atoms with van der Waals surface area (Å²) in [5.41, 5.74) is 7.05. The van der Waals surface area contributed by atoms with Crippen LogP contribution >= 0.6 is 46.1 Å². The van der Waals surface area contributed by atoms with Gasteiger partial charge in [-0.2, -0.15) is 0 Å². The van der Waals surface area contributed by atoms with Crippen LogP contribution in [0.1, 0.15) is 40.3 Å². The summed E-state index contributed by atoms with van der Waals surface area (Å²) in [5, 5.41) is 1.75. The third-order valence-electron chi connectivity index (χ3n) is 7.94. The van der Waals surface area contributed by atoms with Gasteiger partial charge < -0.3 is 9.47 Å². The van der Waals surface area contributed by atoms with Crippen LogP contribution in [0.4, 0.5) is 0 Å². The lowest BCUT2D eigenvalue weighted by Gasteiger charge is -2.30. The molecule has 0 fully saturated rings. The predicted octanol–water partition coefficient (Wildman–Crippen LogP) is 7.87. The maximum atomic E-state index is 14.1. The van der Waals surface area contributed by atoms with Crippen LogP contribution in [0.5, 0.6) is 11.5 Å². The van der Waals surface area contributed by atoms with Crippen LogP contribution in [-0.4, -0.2) is 11.7 Å².